The van der Waals surface area contributed by atoms with Crippen LogP contribution in [0.1, 0.15) is 55.4 Å². The van der Waals surface area contributed by atoms with Crippen molar-refractivity contribution >= 4 is 5.97 Å². The van der Waals surface area contributed by atoms with E-state index >= 15 is 0 Å². The van der Waals surface area contributed by atoms with E-state index in [1.165, 1.54) is 32.1 Å². The number of oxazole rings is 1. The molecule has 126 valence electrons. The Kier molecular flexibility index (Phi) is 6.80. The van der Waals surface area contributed by atoms with Crippen molar-refractivity contribution in [2.75, 3.05) is 6.54 Å². The molecule has 2 heterocycles. The number of aromatic carboxylic acids is 1. The van der Waals surface area contributed by atoms with Crippen molar-refractivity contribution < 1.29 is 14.3 Å². The van der Waals surface area contributed by atoms with Gasteiger partial charge in [-0.1, -0.05) is 32.1 Å². The van der Waals surface area contributed by atoms with Crippen LogP contribution >= 0.6 is 0 Å². The molecule has 0 saturated heterocycles. The van der Waals surface area contributed by atoms with Gasteiger partial charge in [0.15, 0.2) is 5.69 Å². The first kappa shape index (κ1) is 17.2. The van der Waals surface area contributed by atoms with Gasteiger partial charge in [0, 0.05) is 12.7 Å². The number of hydrogen-bond donors (Lipinski definition) is 2. The topological polar surface area (TPSA) is 107 Å². The monoisotopic (exact) mass is 320 g/mol. The minimum atomic E-state index is -1.10. The van der Waals surface area contributed by atoms with Gasteiger partial charge in [-0.2, -0.15) is 5.10 Å². The van der Waals surface area contributed by atoms with Crippen molar-refractivity contribution in [3.8, 4) is 11.5 Å². The summed E-state index contributed by atoms with van der Waals surface area (Å²) in [4.78, 5) is 14.7. The second-order valence-electron chi connectivity index (χ2n) is 5.60. The highest BCUT2D eigenvalue weighted by atomic mass is 16.4. The van der Waals surface area contributed by atoms with Crippen LogP contribution in [0.2, 0.25) is 0 Å². The summed E-state index contributed by atoms with van der Waals surface area (Å²) in [6.07, 6.45) is 13.0. The molecule has 7 nitrogen and oxygen atoms in total. The average molecular weight is 320 g/mol. The third-order valence-electron chi connectivity index (χ3n) is 3.69. The molecule has 0 amide bonds. The van der Waals surface area contributed by atoms with Crippen molar-refractivity contribution in [2.45, 2.75) is 51.5 Å². The predicted octanol–water partition coefficient (Wildman–Crippen LogP) is 2.93. The van der Waals surface area contributed by atoms with Crippen molar-refractivity contribution in [2.24, 2.45) is 5.73 Å². The van der Waals surface area contributed by atoms with Gasteiger partial charge in [-0.15, -0.1) is 0 Å². The highest BCUT2D eigenvalue weighted by molar-refractivity contribution is 5.85. The highest BCUT2D eigenvalue weighted by Crippen LogP contribution is 2.18. The van der Waals surface area contributed by atoms with E-state index in [0.717, 1.165) is 32.2 Å². The minimum Gasteiger partial charge on any atom is -0.476 e. The molecule has 23 heavy (non-hydrogen) atoms. The molecule has 0 fully saturated rings. The van der Waals surface area contributed by atoms with Crippen LogP contribution in [0.3, 0.4) is 0 Å². The lowest BCUT2D eigenvalue weighted by Gasteiger charge is -2.02. The average Bonchev–Trinajstić information content (AvgIpc) is 3.18. The molecule has 0 bridgehead atoms. The molecule has 2 aromatic rings. The number of carboxylic acids is 1. The van der Waals surface area contributed by atoms with Crippen LogP contribution in [0.5, 0.6) is 0 Å². The molecule has 0 saturated carbocycles. The smallest absolute Gasteiger partial charge is 0.357 e. The molecule has 0 unspecified atom stereocenters. The Labute approximate surface area is 135 Å². The largest absolute Gasteiger partial charge is 0.476 e. The van der Waals surface area contributed by atoms with Crippen LogP contribution in [-0.2, 0) is 6.54 Å². The number of nitrogens with zero attached hydrogens (tertiary/aromatic N) is 3. The van der Waals surface area contributed by atoms with Crippen LogP contribution in [0.15, 0.2) is 23.1 Å². The first-order valence-electron chi connectivity index (χ1n) is 8.12. The van der Waals surface area contributed by atoms with Crippen LogP contribution < -0.4 is 5.73 Å². The minimum absolute atomic E-state index is 0.0950. The Morgan fingerprint density at radius 1 is 1.17 bits per heavy atom. The van der Waals surface area contributed by atoms with Gasteiger partial charge in [0.2, 0.25) is 5.89 Å². The number of carboxylic acid groups (broad SMARTS) is 1. The molecule has 7 heteroatoms. The van der Waals surface area contributed by atoms with E-state index in [0.29, 0.717) is 5.56 Å². The normalized spacial score (nSPS) is 11.0. The van der Waals surface area contributed by atoms with Crippen molar-refractivity contribution in [1.29, 1.82) is 0 Å². The zero-order valence-corrected chi connectivity index (χ0v) is 13.3. The fraction of sp³-hybridized carbons (Fsp3) is 0.562. The second-order valence-corrected chi connectivity index (χ2v) is 5.60. The molecule has 0 aliphatic heterocycles. The molecular weight excluding hydrogens is 296 g/mol. The zero-order valence-electron chi connectivity index (χ0n) is 13.3. The molecule has 0 radical (unpaired) electrons. The molecule has 0 atom stereocenters. The summed E-state index contributed by atoms with van der Waals surface area (Å²) in [5, 5.41) is 13.1. The first-order chi connectivity index (χ1) is 11.2. The van der Waals surface area contributed by atoms with E-state index in [1.807, 2.05) is 10.9 Å². The van der Waals surface area contributed by atoms with Gasteiger partial charge in [-0.05, 0) is 19.4 Å². The molecule has 0 aliphatic rings. The second kappa shape index (κ2) is 9.09. The predicted molar refractivity (Wildman–Crippen MR) is 86.1 cm³/mol. The Morgan fingerprint density at radius 3 is 2.52 bits per heavy atom. The summed E-state index contributed by atoms with van der Waals surface area (Å²) in [5.74, 6) is -0.813. The Bertz CT molecular complexity index is 606. The molecule has 2 aromatic heterocycles. The van der Waals surface area contributed by atoms with Gasteiger partial charge in [-0.3, -0.25) is 4.68 Å². The Balaban J connectivity index is 1.69. The standard InChI is InChI=1S/C16H24N4O3/c17-8-6-4-2-1-3-5-7-9-20-11-13(10-18-20)15-19-14(12-23-15)16(21)22/h10-12H,1-9,17H2,(H,21,22). The lowest BCUT2D eigenvalue weighted by atomic mass is 10.1. The number of aromatic nitrogens is 3. The van der Waals surface area contributed by atoms with Crippen LogP contribution in [0.25, 0.3) is 11.5 Å². The molecular formula is C16H24N4O3. The molecule has 2 rings (SSSR count). The van der Waals surface area contributed by atoms with Gasteiger partial charge >= 0.3 is 5.97 Å². The maximum atomic E-state index is 10.8. The van der Waals surface area contributed by atoms with Gasteiger partial charge in [0.25, 0.3) is 0 Å². The van der Waals surface area contributed by atoms with Crippen molar-refractivity contribution in [3.63, 3.8) is 0 Å². The van der Waals surface area contributed by atoms with E-state index in [4.69, 9.17) is 15.3 Å². The SMILES string of the molecule is NCCCCCCCCCn1cc(-c2nc(C(=O)O)co2)cn1. The highest BCUT2D eigenvalue weighted by Gasteiger charge is 2.13. The summed E-state index contributed by atoms with van der Waals surface area (Å²) in [7, 11) is 0. The summed E-state index contributed by atoms with van der Waals surface area (Å²) in [6, 6.07) is 0. The van der Waals surface area contributed by atoms with Crippen LogP contribution in [0, 0.1) is 0 Å². The Morgan fingerprint density at radius 2 is 1.87 bits per heavy atom. The maximum absolute atomic E-state index is 10.8. The van der Waals surface area contributed by atoms with Gasteiger partial charge in [0.1, 0.15) is 6.26 Å². The Hall–Kier alpha value is -2.15. The number of carbonyl (C=O) groups is 1. The van der Waals surface area contributed by atoms with Crippen molar-refractivity contribution in [1.82, 2.24) is 14.8 Å². The van der Waals surface area contributed by atoms with E-state index in [2.05, 4.69) is 10.1 Å². The summed E-state index contributed by atoms with van der Waals surface area (Å²) < 4.78 is 7.00. The van der Waals surface area contributed by atoms with Crippen LogP contribution in [0.4, 0.5) is 0 Å². The summed E-state index contributed by atoms with van der Waals surface area (Å²) in [5.41, 5.74) is 6.06. The fourth-order valence-electron chi connectivity index (χ4n) is 2.40. The lowest BCUT2D eigenvalue weighted by molar-refractivity contribution is 0.0690. The number of unbranched alkanes of at least 4 members (excludes halogenated alkanes) is 6. The van der Waals surface area contributed by atoms with E-state index in [-0.39, 0.29) is 11.6 Å². The first-order valence-corrected chi connectivity index (χ1v) is 8.12. The van der Waals surface area contributed by atoms with Crippen molar-refractivity contribution in [3.05, 3.63) is 24.4 Å². The fourth-order valence-corrected chi connectivity index (χ4v) is 2.40. The molecule has 3 N–H and O–H groups in total. The van der Waals surface area contributed by atoms with Gasteiger partial charge in [0.05, 0.1) is 11.8 Å². The summed E-state index contributed by atoms with van der Waals surface area (Å²) >= 11 is 0. The third-order valence-corrected chi connectivity index (χ3v) is 3.69. The number of rotatable bonds is 11. The lowest BCUT2D eigenvalue weighted by Crippen LogP contribution is -1.98. The molecule has 0 aliphatic carbocycles. The van der Waals surface area contributed by atoms with E-state index in [9.17, 15) is 4.79 Å². The summed E-state index contributed by atoms with van der Waals surface area (Å²) in [6.45, 7) is 1.63. The van der Waals surface area contributed by atoms with E-state index < -0.39 is 5.97 Å². The number of nitrogens with two attached hydrogens (primary N) is 1. The molecule has 0 spiro atoms. The van der Waals surface area contributed by atoms with Gasteiger partial charge < -0.3 is 15.3 Å². The molecule has 0 aromatic carbocycles. The zero-order chi connectivity index (χ0) is 16.5. The van der Waals surface area contributed by atoms with E-state index in [1.54, 1.807) is 6.20 Å². The quantitative estimate of drug-likeness (QED) is 0.616. The number of hydrogen-bond acceptors (Lipinski definition) is 5. The van der Waals surface area contributed by atoms with Gasteiger partial charge in [-0.25, -0.2) is 9.78 Å². The maximum Gasteiger partial charge on any atom is 0.357 e. The number of aryl methyl sites for hydroxylation is 1. The third kappa shape index (κ3) is 5.52. The van der Waals surface area contributed by atoms with Crippen LogP contribution in [-0.4, -0.2) is 32.4 Å².